The SMILES string of the molecule is Nc1nc(N2CCC(CC(=O)N3CCC(C4c5ncc(Br)cc5CCc5cc(Cl)cc(Cl)c54)CC3)C2)no1. The van der Waals surface area contributed by atoms with Crippen LogP contribution in [-0.4, -0.2) is 52.1 Å². The maximum absolute atomic E-state index is 13.2. The van der Waals surface area contributed by atoms with Crippen molar-refractivity contribution in [1.82, 2.24) is 20.0 Å². The van der Waals surface area contributed by atoms with Crippen molar-refractivity contribution in [3.63, 3.8) is 0 Å². The normalized spacial score (nSPS) is 21.8. The highest BCUT2D eigenvalue weighted by Gasteiger charge is 2.37. The minimum Gasteiger partial charge on any atom is -0.351 e. The van der Waals surface area contributed by atoms with Crippen molar-refractivity contribution >= 4 is 57.0 Å². The lowest BCUT2D eigenvalue weighted by Crippen LogP contribution is -2.41. The molecule has 4 heterocycles. The van der Waals surface area contributed by atoms with Gasteiger partial charge in [0, 0.05) is 59.2 Å². The fourth-order valence-electron chi connectivity index (χ4n) is 6.42. The lowest BCUT2D eigenvalue weighted by atomic mass is 9.76. The number of piperidine rings is 1. The molecule has 2 atom stereocenters. The van der Waals surface area contributed by atoms with Crippen molar-refractivity contribution in [2.24, 2.45) is 11.8 Å². The van der Waals surface area contributed by atoms with Gasteiger partial charge < -0.3 is 20.1 Å². The van der Waals surface area contributed by atoms with Crippen LogP contribution in [0.2, 0.25) is 10.0 Å². The summed E-state index contributed by atoms with van der Waals surface area (Å²) < 4.78 is 5.88. The maximum Gasteiger partial charge on any atom is 0.320 e. The number of amides is 1. The highest BCUT2D eigenvalue weighted by molar-refractivity contribution is 9.10. The Morgan fingerprint density at radius 2 is 1.89 bits per heavy atom. The smallest absolute Gasteiger partial charge is 0.320 e. The molecule has 38 heavy (non-hydrogen) atoms. The molecule has 8 nitrogen and oxygen atoms in total. The molecule has 2 aliphatic heterocycles. The fraction of sp³-hybridized carbons (Fsp3) is 0.481. The minimum absolute atomic E-state index is 0.0635. The van der Waals surface area contributed by atoms with E-state index in [1.807, 2.05) is 22.1 Å². The van der Waals surface area contributed by atoms with Gasteiger partial charge in [-0.15, -0.1) is 0 Å². The molecule has 6 rings (SSSR count). The molecule has 2 aromatic heterocycles. The number of hydrogen-bond acceptors (Lipinski definition) is 7. The van der Waals surface area contributed by atoms with Gasteiger partial charge in [-0.1, -0.05) is 23.2 Å². The van der Waals surface area contributed by atoms with E-state index < -0.39 is 0 Å². The molecule has 3 aliphatic rings. The topological polar surface area (TPSA) is 101 Å². The van der Waals surface area contributed by atoms with Gasteiger partial charge in [0.2, 0.25) is 5.91 Å². The number of nitrogen functional groups attached to an aromatic ring is 1. The van der Waals surface area contributed by atoms with Crippen LogP contribution in [0.3, 0.4) is 0 Å². The van der Waals surface area contributed by atoms with E-state index in [0.717, 1.165) is 74.0 Å². The van der Waals surface area contributed by atoms with Gasteiger partial charge in [-0.05, 0) is 99.9 Å². The van der Waals surface area contributed by atoms with Gasteiger partial charge in [0.05, 0.1) is 5.69 Å². The molecular weight excluding hydrogens is 591 g/mol. The van der Waals surface area contributed by atoms with Gasteiger partial charge in [-0.3, -0.25) is 9.78 Å². The molecule has 0 radical (unpaired) electrons. The third-order valence-corrected chi connectivity index (χ3v) is 9.21. The van der Waals surface area contributed by atoms with Crippen molar-refractivity contribution < 1.29 is 9.32 Å². The Labute approximate surface area is 240 Å². The number of fused-ring (bicyclic) bond motifs is 2. The first kappa shape index (κ1) is 25.9. The summed E-state index contributed by atoms with van der Waals surface area (Å²) in [6, 6.07) is 6.16. The Bertz CT molecular complexity index is 1360. The van der Waals surface area contributed by atoms with E-state index >= 15 is 0 Å². The number of anilines is 2. The summed E-state index contributed by atoms with van der Waals surface area (Å²) in [5, 5.41) is 5.28. The second-order valence-corrected chi connectivity index (χ2v) is 12.4. The van der Waals surface area contributed by atoms with E-state index in [1.54, 1.807) is 0 Å². The number of benzene rings is 1. The first-order chi connectivity index (χ1) is 18.4. The molecule has 1 aliphatic carbocycles. The molecule has 0 saturated carbocycles. The zero-order valence-electron chi connectivity index (χ0n) is 20.9. The Hall–Kier alpha value is -2.36. The highest BCUT2D eigenvalue weighted by Crippen LogP contribution is 2.46. The quantitative estimate of drug-likeness (QED) is 0.411. The van der Waals surface area contributed by atoms with Crippen LogP contribution in [0, 0.1) is 11.8 Å². The summed E-state index contributed by atoms with van der Waals surface area (Å²) in [4.78, 5) is 26.3. The first-order valence-corrected chi connectivity index (χ1v) is 14.6. The molecule has 0 spiro atoms. The molecule has 11 heteroatoms. The van der Waals surface area contributed by atoms with Gasteiger partial charge in [0.1, 0.15) is 0 Å². The van der Waals surface area contributed by atoms with Crippen molar-refractivity contribution in [3.05, 3.63) is 61.3 Å². The average Bonchev–Trinajstić information content (AvgIpc) is 3.50. The number of aromatic nitrogens is 3. The molecule has 2 fully saturated rings. The third-order valence-electron chi connectivity index (χ3n) is 8.24. The van der Waals surface area contributed by atoms with Gasteiger partial charge in [-0.25, -0.2) is 0 Å². The number of nitrogens with two attached hydrogens (primary N) is 1. The number of likely N-dealkylation sites (tertiary alicyclic amines) is 1. The number of rotatable bonds is 4. The van der Waals surface area contributed by atoms with E-state index in [1.165, 1.54) is 11.1 Å². The predicted octanol–water partition coefficient (Wildman–Crippen LogP) is 5.50. The molecule has 1 amide bonds. The lowest BCUT2D eigenvalue weighted by Gasteiger charge is -2.37. The average molecular weight is 620 g/mol. The summed E-state index contributed by atoms with van der Waals surface area (Å²) >= 11 is 16.9. The van der Waals surface area contributed by atoms with E-state index in [0.29, 0.717) is 28.3 Å². The number of halogens is 3. The standard InChI is InChI=1S/C27H29BrCl2N6O2/c28-19-10-18-2-1-17-11-20(29)12-21(30)23(17)24(25(18)32-13-19)16-4-7-35(8-5-16)22(37)9-15-3-6-36(14-15)27-33-26(31)38-34-27/h10-13,15-16,24H,1-9,14H2,(H2,31,33,34). The van der Waals surface area contributed by atoms with Gasteiger partial charge in [0.15, 0.2) is 0 Å². The number of carbonyl (C=O) groups excluding carboxylic acids is 1. The van der Waals surface area contributed by atoms with Crippen LogP contribution in [0.25, 0.3) is 0 Å². The Morgan fingerprint density at radius 1 is 1.11 bits per heavy atom. The van der Waals surface area contributed by atoms with Crippen LogP contribution < -0.4 is 10.6 Å². The number of pyridine rings is 1. The molecule has 0 bridgehead atoms. The molecule has 1 aromatic carbocycles. The zero-order chi connectivity index (χ0) is 26.4. The predicted molar refractivity (Wildman–Crippen MR) is 151 cm³/mol. The first-order valence-electron chi connectivity index (χ1n) is 13.1. The van der Waals surface area contributed by atoms with E-state index in [9.17, 15) is 4.79 Å². The minimum atomic E-state index is 0.0635. The monoisotopic (exact) mass is 618 g/mol. The van der Waals surface area contributed by atoms with Crippen molar-refractivity contribution in [2.75, 3.05) is 36.8 Å². The summed E-state index contributed by atoms with van der Waals surface area (Å²) in [7, 11) is 0. The second kappa shape index (κ2) is 10.7. The highest BCUT2D eigenvalue weighted by atomic mass is 79.9. The summed E-state index contributed by atoms with van der Waals surface area (Å²) in [6.45, 7) is 3.01. The maximum atomic E-state index is 13.2. The molecular formula is C27H29BrCl2N6O2. The van der Waals surface area contributed by atoms with Crippen LogP contribution in [0.15, 0.2) is 33.4 Å². The molecule has 2 unspecified atom stereocenters. The largest absolute Gasteiger partial charge is 0.351 e. The Balaban J connectivity index is 1.15. The van der Waals surface area contributed by atoms with E-state index in [4.69, 9.17) is 38.4 Å². The van der Waals surface area contributed by atoms with Crippen molar-refractivity contribution in [3.8, 4) is 0 Å². The second-order valence-electron chi connectivity index (χ2n) is 10.6. The van der Waals surface area contributed by atoms with Crippen LogP contribution in [-0.2, 0) is 17.6 Å². The zero-order valence-corrected chi connectivity index (χ0v) is 24.0. The lowest BCUT2D eigenvalue weighted by molar-refractivity contribution is -0.133. The fourth-order valence-corrected chi connectivity index (χ4v) is 7.46. The van der Waals surface area contributed by atoms with Crippen LogP contribution in [0.5, 0.6) is 0 Å². The number of hydrogen-bond donors (Lipinski definition) is 1. The Morgan fingerprint density at radius 3 is 2.66 bits per heavy atom. The van der Waals surface area contributed by atoms with E-state index in [2.05, 4.69) is 38.2 Å². The summed E-state index contributed by atoms with van der Waals surface area (Å²) in [6.07, 6.45) is 6.93. The van der Waals surface area contributed by atoms with Gasteiger partial charge >= 0.3 is 6.01 Å². The summed E-state index contributed by atoms with van der Waals surface area (Å²) in [5.41, 5.74) is 10.3. The number of carbonyl (C=O) groups is 1. The molecule has 3 aromatic rings. The van der Waals surface area contributed by atoms with E-state index in [-0.39, 0.29) is 23.8 Å². The Kier molecular flexibility index (Phi) is 7.26. The molecule has 2 N–H and O–H groups in total. The van der Waals surface area contributed by atoms with Crippen LogP contribution in [0.1, 0.15) is 54.0 Å². The van der Waals surface area contributed by atoms with Crippen molar-refractivity contribution in [1.29, 1.82) is 0 Å². The molecule has 2 saturated heterocycles. The van der Waals surface area contributed by atoms with Crippen molar-refractivity contribution in [2.45, 2.75) is 44.4 Å². The van der Waals surface area contributed by atoms with Gasteiger partial charge in [-0.2, -0.15) is 4.98 Å². The summed E-state index contributed by atoms with van der Waals surface area (Å²) in [5.74, 6) is 1.42. The van der Waals surface area contributed by atoms with Crippen LogP contribution >= 0.6 is 39.1 Å². The number of aryl methyl sites for hydroxylation is 2. The third kappa shape index (κ3) is 5.12. The van der Waals surface area contributed by atoms with Crippen LogP contribution in [0.4, 0.5) is 12.0 Å². The molecule has 200 valence electrons. The number of nitrogens with zero attached hydrogens (tertiary/aromatic N) is 5. The van der Waals surface area contributed by atoms with Gasteiger partial charge in [0.25, 0.3) is 5.95 Å².